The smallest absolute Gasteiger partial charge is 0.143 e. The van der Waals surface area contributed by atoms with E-state index in [1.165, 1.54) is 5.56 Å². The molecule has 2 heterocycles. The molecule has 0 unspecified atom stereocenters. The first kappa shape index (κ1) is 21.0. The summed E-state index contributed by atoms with van der Waals surface area (Å²) in [4.78, 5) is 18.5. The summed E-state index contributed by atoms with van der Waals surface area (Å²) in [6.45, 7) is 2.35. The lowest BCUT2D eigenvalue weighted by molar-refractivity contribution is -0.127. The molecule has 32 heavy (non-hydrogen) atoms. The second-order valence-corrected chi connectivity index (χ2v) is 8.99. The molecule has 2 aromatic carbocycles. The molecule has 2 aliphatic rings. The van der Waals surface area contributed by atoms with Gasteiger partial charge in [0.15, 0.2) is 0 Å². The maximum absolute atomic E-state index is 13.1. The summed E-state index contributed by atoms with van der Waals surface area (Å²) >= 11 is 0. The van der Waals surface area contributed by atoms with Crippen LogP contribution in [0, 0.1) is 0 Å². The Morgan fingerprint density at radius 2 is 2.00 bits per heavy atom. The van der Waals surface area contributed by atoms with Gasteiger partial charge in [0.1, 0.15) is 30.0 Å². The number of piperidine rings is 1. The third-order valence-electron chi connectivity index (χ3n) is 7.15. The van der Waals surface area contributed by atoms with Crippen molar-refractivity contribution in [1.29, 1.82) is 0 Å². The highest BCUT2D eigenvalue weighted by Gasteiger charge is 2.45. The van der Waals surface area contributed by atoms with E-state index in [9.17, 15) is 9.90 Å². The maximum Gasteiger partial charge on any atom is 0.143 e. The quantitative estimate of drug-likeness (QED) is 0.622. The number of H-pyrrole nitrogens is 1. The molecular formula is C26H30N2O4. The summed E-state index contributed by atoms with van der Waals surface area (Å²) in [5.41, 5.74) is 3.03. The van der Waals surface area contributed by atoms with Crippen molar-refractivity contribution in [2.75, 3.05) is 33.4 Å². The Hall–Kier alpha value is -2.83. The molecule has 2 N–H and O–H groups in total. The summed E-state index contributed by atoms with van der Waals surface area (Å²) < 4.78 is 11.4. The summed E-state index contributed by atoms with van der Waals surface area (Å²) in [6.07, 6.45) is 4.28. The van der Waals surface area contributed by atoms with E-state index < -0.39 is 11.5 Å². The molecule has 0 bridgehead atoms. The number of Topliss-reactive ketones (excluding diaryl/α,β-unsaturated/α-hetero) is 1. The maximum atomic E-state index is 13.1. The van der Waals surface area contributed by atoms with E-state index in [2.05, 4.69) is 22.0 Å². The third kappa shape index (κ3) is 3.78. The van der Waals surface area contributed by atoms with E-state index >= 15 is 0 Å². The molecule has 168 valence electrons. The number of likely N-dealkylation sites (tertiary alicyclic amines) is 1. The molecule has 3 aromatic rings. The molecule has 1 spiro atoms. The van der Waals surface area contributed by atoms with Gasteiger partial charge >= 0.3 is 0 Å². The zero-order valence-electron chi connectivity index (χ0n) is 18.5. The number of aliphatic hydroxyl groups excluding tert-OH is 1. The van der Waals surface area contributed by atoms with Gasteiger partial charge in [0.25, 0.3) is 0 Å². The zero-order valence-corrected chi connectivity index (χ0v) is 18.5. The van der Waals surface area contributed by atoms with Crippen molar-refractivity contribution in [2.45, 2.75) is 37.2 Å². The van der Waals surface area contributed by atoms with Crippen LogP contribution in [0.4, 0.5) is 0 Å². The third-order valence-corrected chi connectivity index (χ3v) is 7.15. The first-order chi connectivity index (χ1) is 15.6. The molecule has 0 radical (unpaired) electrons. The fraction of sp³-hybridized carbons (Fsp3) is 0.423. The van der Waals surface area contributed by atoms with Crippen molar-refractivity contribution in [3.05, 3.63) is 59.8 Å². The van der Waals surface area contributed by atoms with Crippen LogP contribution in [-0.2, 0) is 16.6 Å². The van der Waals surface area contributed by atoms with Gasteiger partial charge in [-0.15, -0.1) is 0 Å². The van der Waals surface area contributed by atoms with E-state index in [-0.39, 0.29) is 6.61 Å². The lowest BCUT2D eigenvalue weighted by Gasteiger charge is -2.44. The predicted octanol–water partition coefficient (Wildman–Crippen LogP) is 3.47. The standard InChI is InChI=1S/C26H30N2O4/c1-31-20-7-5-18-6-8-25(30)26(22(18)15-20)10-13-28(14-11-26)16-19(29)17-32-24-4-2-3-23-21(24)9-12-27-23/h2-5,7,9,12,15,19,27,29H,6,8,10-11,13-14,16-17H2,1H3/t19-/m0/s1. The minimum atomic E-state index is -0.590. The number of carbonyl (C=O) groups excluding carboxylic acids is 1. The second-order valence-electron chi connectivity index (χ2n) is 8.99. The van der Waals surface area contributed by atoms with Crippen molar-refractivity contribution in [1.82, 2.24) is 9.88 Å². The number of hydrogen-bond acceptors (Lipinski definition) is 5. The van der Waals surface area contributed by atoms with E-state index in [1.54, 1.807) is 7.11 Å². The summed E-state index contributed by atoms with van der Waals surface area (Å²) in [5.74, 6) is 1.94. The van der Waals surface area contributed by atoms with Crippen molar-refractivity contribution >= 4 is 16.7 Å². The Bertz CT molecular complexity index is 1110. The van der Waals surface area contributed by atoms with Crippen molar-refractivity contribution in [3.8, 4) is 11.5 Å². The number of ketones is 1. The Balaban J connectivity index is 1.21. The lowest BCUT2D eigenvalue weighted by Crippen LogP contribution is -2.51. The van der Waals surface area contributed by atoms with Crippen LogP contribution in [0.25, 0.3) is 10.9 Å². The molecule has 1 aliphatic carbocycles. The molecule has 1 aromatic heterocycles. The molecule has 6 nitrogen and oxygen atoms in total. The molecule has 0 amide bonds. The van der Waals surface area contributed by atoms with Gasteiger partial charge in [-0.05, 0) is 73.8 Å². The number of nitrogens with zero attached hydrogens (tertiary/aromatic N) is 1. The number of aryl methyl sites for hydroxylation is 1. The molecule has 0 saturated carbocycles. The van der Waals surface area contributed by atoms with Gasteiger partial charge < -0.3 is 24.5 Å². The Kier molecular flexibility index (Phi) is 5.66. The van der Waals surface area contributed by atoms with Gasteiger partial charge in [0.05, 0.1) is 12.5 Å². The highest BCUT2D eigenvalue weighted by Crippen LogP contribution is 2.44. The van der Waals surface area contributed by atoms with Crippen LogP contribution in [-0.4, -0.2) is 60.2 Å². The molecule has 6 heteroatoms. The van der Waals surface area contributed by atoms with Crippen LogP contribution in [0.1, 0.15) is 30.4 Å². The SMILES string of the molecule is COc1ccc2c(c1)C1(CCN(C[C@H](O)COc3cccc4[nH]ccc34)CC1)C(=O)CC2. The number of fused-ring (bicyclic) bond motifs is 3. The highest BCUT2D eigenvalue weighted by molar-refractivity contribution is 5.92. The minimum Gasteiger partial charge on any atom is -0.497 e. The second kappa shape index (κ2) is 8.60. The molecule has 1 aliphatic heterocycles. The zero-order chi connectivity index (χ0) is 22.1. The number of methoxy groups -OCH3 is 1. The minimum absolute atomic E-state index is 0.241. The number of aromatic nitrogens is 1. The molecule has 1 atom stereocenters. The summed E-state index contributed by atoms with van der Waals surface area (Å²) in [5, 5.41) is 11.6. The van der Waals surface area contributed by atoms with Crippen molar-refractivity contribution < 1.29 is 19.4 Å². The van der Waals surface area contributed by atoms with Gasteiger partial charge in [-0.1, -0.05) is 12.1 Å². The summed E-state index contributed by atoms with van der Waals surface area (Å²) in [7, 11) is 1.67. The van der Waals surface area contributed by atoms with E-state index in [4.69, 9.17) is 9.47 Å². The number of aromatic amines is 1. The molecular weight excluding hydrogens is 404 g/mol. The van der Waals surface area contributed by atoms with Crippen molar-refractivity contribution in [2.24, 2.45) is 0 Å². The van der Waals surface area contributed by atoms with Crippen LogP contribution in [0.15, 0.2) is 48.7 Å². The highest BCUT2D eigenvalue weighted by atomic mass is 16.5. The number of aliphatic hydroxyl groups is 1. The predicted molar refractivity (Wildman–Crippen MR) is 123 cm³/mol. The number of benzene rings is 2. The molecule has 1 saturated heterocycles. The van der Waals surface area contributed by atoms with Crippen LogP contribution < -0.4 is 9.47 Å². The fourth-order valence-electron chi connectivity index (χ4n) is 5.37. The topological polar surface area (TPSA) is 74.8 Å². The Morgan fingerprint density at radius 3 is 2.81 bits per heavy atom. The average molecular weight is 435 g/mol. The fourth-order valence-corrected chi connectivity index (χ4v) is 5.37. The van der Waals surface area contributed by atoms with Crippen LogP contribution in [0.5, 0.6) is 11.5 Å². The number of nitrogens with one attached hydrogen (secondary N) is 1. The summed E-state index contributed by atoms with van der Waals surface area (Å²) in [6, 6.07) is 14.0. The number of hydrogen-bond donors (Lipinski definition) is 2. The number of β-amino-alcohol motifs (C(OH)–C–C–N with tert-alkyl or cyclic N) is 1. The van der Waals surface area contributed by atoms with E-state index in [0.717, 1.165) is 60.3 Å². The van der Waals surface area contributed by atoms with Gasteiger partial charge in [0, 0.05) is 30.1 Å². The van der Waals surface area contributed by atoms with E-state index in [0.29, 0.717) is 18.7 Å². The van der Waals surface area contributed by atoms with Gasteiger partial charge in [-0.25, -0.2) is 0 Å². The monoisotopic (exact) mass is 434 g/mol. The Labute approximate surface area is 188 Å². The molecule has 5 rings (SSSR count). The molecule has 1 fully saturated rings. The Morgan fingerprint density at radius 1 is 1.16 bits per heavy atom. The van der Waals surface area contributed by atoms with Crippen LogP contribution in [0.2, 0.25) is 0 Å². The number of carbonyl (C=O) groups is 1. The first-order valence-electron chi connectivity index (χ1n) is 11.4. The van der Waals surface area contributed by atoms with E-state index in [1.807, 2.05) is 36.5 Å². The first-order valence-corrected chi connectivity index (χ1v) is 11.4. The normalized spacial score (nSPS) is 19.1. The van der Waals surface area contributed by atoms with Crippen molar-refractivity contribution in [3.63, 3.8) is 0 Å². The van der Waals surface area contributed by atoms with Crippen LogP contribution in [0.3, 0.4) is 0 Å². The largest absolute Gasteiger partial charge is 0.497 e. The number of ether oxygens (including phenoxy) is 2. The number of rotatable bonds is 6. The van der Waals surface area contributed by atoms with Gasteiger partial charge in [0.2, 0.25) is 0 Å². The van der Waals surface area contributed by atoms with Gasteiger partial charge in [-0.3, -0.25) is 4.79 Å². The lowest BCUT2D eigenvalue weighted by atomic mass is 9.64. The van der Waals surface area contributed by atoms with Gasteiger partial charge in [-0.2, -0.15) is 0 Å². The average Bonchev–Trinajstić information content (AvgIpc) is 3.31. The van der Waals surface area contributed by atoms with Crippen LogP contribution >= 0.6 is 0 Å².